The Morgan fingerprint density at radius 2 is 2.03 bits per heavy atom. The number of rotatable bonds is 4. The van der Waals surface area contributed by atoms with Gasteiger partial charge in [0.1, 0.15) is 0 Å². The maximum atomic E-state index is 12.7. The number of ether oxygens (including phenoxy) is 2. The van der Waals surface area contributed by atoms with Crippen LogP contribution in [0.15, 0.2) is 54.3 Å². The highest BCUT2D eigenvalue weighted by Crippen LogP contribution is 2.45. The number of nitrogens with one attached hydrogen (secondary N) is 1. The molecule has 1 atom stereocenters. The molecule has 1 amide bonds. The van der Waals surface area contributed by atoms with Crippen LogP contribution in [0.5, 0.6) is 0 Å². The van der Waals surface area contributed by atoms with Crippen LogP contribution in [0.1, 0.15) is 43.0 Å². The number of esters is 1. The van der Waals surface area contributed by atoms with Crippen LogP contribution in [0.25, 0.3) is 0 Å². The number of hydrogen-bond acceptors (Lipinski definition) is 6. The van der Waals surface area contributed by atoms with Gasteiger partial charge in [0.05, 0.1) is 36.2 Å². The molecule has 0 radical (unpaired) electrons. The van der Waals surface area contributed by atoms with Crippen LogP contribution in [-0.2, 0) is 9.47 Å². The summed E-state index contributed by atoms with van der Waals surface area (Å²) in [5.74, 6) is -0.101. The molecule has 1 saturated heterocycles. The number of anilines is 2. The molecule has 1 fully saturated rings. The summed E-state index contributed by atoms with van der Waals surface area (Å²) in [6.07, 6.45) is 13.5. The van der Waals surface area contributed by atoms with E-state index in [-0.39, 0.29) is 23.5 Å². The molecule has 1 aromatic rings. The number of allylic oxidation sites excluding steroid dienone is 4. The van der Waals surface area contributed by atoms with Gasteiger partial charge < -0.3 is 24.6 Å². The quantitative estimate of drug-likeness (QED) is 0.667. The van der Waals surface area contributed by atoms with Crippen molar-refractivity contribution < 1.29 is 19.1 Å². The molecule has 176 valence electrons. The number of hydrogen-bond donors (Lipinski definition) is 1. The van der Waals surface area contributed by atoms with Crippen LogP contribution < -0.4 is 10.2 Å². The Morgan fingerprint density at radius 1 is 1.24 bits per heavy atom. The van der Waals surface area contributed by atoms with E-state index < -0.39 is 0 Å². The van der Waals surface area contributed by atoms with E-state index in [0.29, 0.717) is 25.3 Å². The zero-order chi connectivity index (χ0) is 23.4. The maximum Gasteiger partial charge on any atom is 0.409 e. The van der Waals surface area contributed by atoms with Crippen molar-refractivity contribution in [1.82, 2.24) is 4.90 Å². The smallest absolute Gasteiger partial charge is 0.409 e. The predicted molar refractivity (Wildman–Crippen MR) is 129 cm³/mol. The second-order valence-corrected chi connectivity index (χ2v) is 8.86. The Bertz CT molecular complexity index is 989. The second-order valence-electron chi connectivity index (χ2n) is 8.86. The lowest BCUT2D eigenvalue weighted by molar-refractivity contribution is 0.0600. The number of fused-ring (bicyclic) bond motifs is 1. The molecule has 1 aliphatic carbocycles. The highest BCUT2D eigenvalue weighted by Gasteiger charge is 2.44. The molecule has 0 aromatic heterocycles. The van der Waals surface area contributed by atoms with Crippen LogP contribution in [0.2, 0.25) is 0 Å². The molecule has 1 spiro atoms. The predicted octanol–water partition coefficient (Wildman–Crippen LogP) is 4.73. The summed E-state index contributed by atoms with van der Waals surface area (Å²) in [7, 11) is 3.45. The van der Waals surface area contributed by atoms with Crippen LogP contribution in [-0.4, -0.2) is 56.4 Å². The largest absolute Gasteiger partial charge is 0.465 e. The number of nitrogens with zero attached hydrogens (tertiary/aromatic N) is 2. The molecule has 0 saturated carbocycles. The lowest BCUT2D eigenvalue weighted by atomic mass is 9.80. The van der Waals surface area contributed by atoms with Gasteiger partial charge in [0.15, 0.2) is 0 Å². The van der Waals surface area contributed by atoms with Crippen LogP contribution in [0, 0.1) is 5.92 Å². The summed E-state index contributed by atoms with van der Waals surface area (Å²) in [4.78, 5) is 28.8. The van der Waals surface area contributed by atoms with Gasteiger partial charge in [0.2, 0.25) is 0 Å². The first-order chi connectivity index (χ1) is 16.0. The first-order valence-electron chi connectivity index (χ1n) is 11.7. The number of piperidine rings is 1. The fraction of sp³-hybridized carbons (Fsp3) is 0.462. The van der Waals surface area contributed by atoms with Crippen molar-refractivity contribution >= 4 is 23.4 Å². The summed E-state index contributed by atoms with van der Waals surface area (Å²) >= 11 is 0. The Labute approximate surface area is 195 Å². The lowest BCUT2D eigenvalue weighted by Crippen LogP contribution is -2.56. The van der Waals surface area contributed by atoms with E-state index in [0.717, 1.165) is 37.1 Å². The van der Waals surface area contributed by atoms with Crippen LogP contribution in [0.3, 0.4) is 0 Å². The molecule has 3 aliphatic rings. The summed E-state index contributed by atoms with van der Waals surface area (Å²) in [5.41, 5.74) is 3.34. The van der Waals surface area contributed by atoms with Gasteiger partial charge in [-0.3, -0.25) is 0 Å². The minimum absolute atomic E-state index is 0.244. The normalized spacial score (nSPS) is 22.2. The van der Waals surface area contributed by atoms with E-state index >= 15 is 0 Å². The molecule has 33 heavy (non-hydrogen) atoms. The van der Waals surface area contributed by atoms with Crippen molar-refractivity contribution in [1.29, 1.82) is 0 Å². The Hall–Kier alpha value is -3.22. The van der Waals surface area contributed by atoms with Gasteiger partial charge in [-0.1, -0.05) is 37.3 Å². The molecule has 0 bridgehead atoms. The van der Waals surface area contributed by atoms with Crippen molar-refractivity contribution in [2.75, 3.05) is 44.1 Å². The number of likely N-dealkylation sites (tertiary alicyclic amines) is 1. The highest BCUT2D eigenvalue weighted by atomic mass is 16.6. The van der Waals surface area contributed by atoms with Crippen molar-refractivity contribution in [3.8, 4) is 0 Å². The summed E-state index contributed by atoms with van der Waals surface area (Å²) < 4.78 is 10.5. The third-order valence-corrected chi connectivity index (χ3v) is 6.77. The Balaban J connectivity index is 1.48. The molecule has 4 rings (SSSR count). The van der Waals surface area contributed by atoms with Gasteiger partial charge >= 0.3 is 12.1 Å². The molecule has 1 N–H and O–H groups in total. The minimum atomic E-state index is -0.355. The van der Waals surface area contributed by atoms with Gasteiger partial charge in [0.25, 0.3) is 0 Å². The maximum absolute atomic E-state index is 12.7. The third-order valence-electron chi connectivity index (χ3n) is 6.77. The number of methoxy groups -OCH3 is 1. The number of likely N-dealkylation sites (N-methyl/N-ethyl adjacent to an activating group) is 1. The average Bonchev–Trinajstić information content (AvgIpc) is 2.85. The molecule has 2 heterocycles. The van der Waals surface area contributed by atoms with E-state index in [1.54, 1.807) is 11.0 Å². The summed E-state index contributed by atoms with van der Waals surface area (Å²) in [5, 5.41) is 3.73. The monoisotopic (exact) mass is 451 g/mol. The van der Waals surface area contributed by atoms with Gasteiger partial charge in [-0.15, -0.1) is 0 Å². The number of amides is 1. The van der Waals surface area contributed by atoms with E-state index in [1.807, 2.05) is 24.3 Å². The third kappa shape index (κ3) is 4.63. The lowest BCUT2D eigenvalue weighted by Gasteiger charge is -2.50. The molecule has 7 heteroatoms. The molecule has 1 aromatic carbocycles. The first-order valence-corrected chi connectivity index (χ1v) is 11.7. The molecule has 1 unspecified atom stereocenters. The van der Waals surface area contributed by atoms with Crippen LogP contribution in [0.4, 0.5) is 16.2 Å². The van der Waals surface area contributed by atoms with E-state index in [1.165, 1.54) is 12.8 Å². The van der Waals surface area contributed by atoms with Crippen molar-refractivity contribution in [3.05, 3.63) is 59.8 Å². The number of carbonyl (C=O) groups is 2. The summed E-state index contributed by atoms with van der Waals surface area (Å²) in [6.45, 7) is 3.75. The number of carbonyl (C=O) groups excluding carboxylic acids is 2. The van der Waals surface area contributed by atoms with Crippen molar-refractivity contribution in [2.24, 2.45) is 5.92 Å². The molecular weight excluding hydrogens is 418 g/mol. The van der Waals surface area contributed by atoms with Crippen LogP contribution >= 0.6 is 0 Å². The van der Waals surface area contributed by atoms with Gasteiger partial charge in [-0.05, 0) is 43.9 Å². The molecule has 2 aliphatic heterocycles. The number of benzene rings is 1. The van der Waals surface area contributed by atoms with Gasteiger partial charge in [-0.25, -0.2) is 9.59 Å². The van der Waals surface area contributed by atoms with E-state index in [9.17, 15) is 9.59 Å². The minimum Gasteiger partial charge on any atom is -0.465 e. The fourth-order valence-electron chi connectivity index (χ4n) is 4.95. The summed E-state index contributed by atoms with van der Waals surface area (Å²) in [6, 6.07) is 5.60. The van der Waals surface area contributed by atoms with Crippen molar-refractivity contribution in [2.45, 2.75) is 38.1 Å². The zero-order valence-corrected chi connectivity index (χ0v) is 19.7. The topological polar surface area (TPSA) is 71.1 Å². The zero-order valence-electron chi connectivity index (χ0n) is 19.7. The fourth-order valence-corrected chi connectivity index (χ4v) is 4.95. The van der Waals surface area contributed by atoms with E-state index in [4.69, 9.17) is 9.47 Å². The highest BCUT2D eigenvalue weighted by molar-refractivity contribution is 5.93. The van der Waals surface area contributed by atoms with Gasteiger partial charge in [0, 0.05) is 31.8 Å². The first kappa shape index (κ1) is 23.0. The Morgan fingerprint density at radius 3 is 2.70 bits per heavy atom. The SMILES string of the molecule is CCC=C1N(C)c2ccc(C(=O)OC)cc2NC12CCN(C(=O)OCC1C=CC=CC1)CC2. The molecule has 7 nitrogen and oxygen atoms in total. The van der Waals surface area contributed by atoms with Crippen molar-refractivity contribution in [3.63, 3.8) is 0 Å². The molecular formula is C26H33N3O4. The standard InChI is InChI=1S/C26H33N3O4/c1-4-8-23-26(27-21-17-20(24(30)32-3)11-12-22(21)28(23)2)13-15-29(16-14-26)25(31)33-18-19-9-6-5-7-10-19/h5-9,11-12,17,19,27H,4,10,13-16,18H2,1-3H3. The van der Waals surface area contributed by atoms with E-state index in [2.05, 4.69) is 42.4 Å². The Kier molecular flexibility index (Phi) is 6.77. The second kappa shape index (κ2) is 9.73. The average molecular weight is 452 g/mol. The van der Waals surface area contributed by atoms with Gasteiger partial charge in [-0.2, -0.15) is 0 Å².